The van der Waals surface area contributed by atoms with E-state index in [0.717, 1.165) is 0 Å². The number of primary amides is 1. The van der Waals surface area contributed by atoms with Gasteiger partial charge in [0.05, 0.1) is 0 Å². The van der Waals surface area contributed by atoms with Gasteiger partial charge in [-0.1, -0.05) is 12.1 Å². The Morgan fingerprint density at radius 1 is 1.26 bits per heavy atom. The van der Waals surface area contributed by atoms with Crippen LogP contribution in [0, 0.1) is 0 Å². The zero-order valence-electron chi connectivity index (χ0n) is 11.8. The lowest BCUT2D eigenvalue weighted by atomic mass is 10.2. The molecule has 1 aromatic carbocycles. The van der Waals surface area contributed by atoms with Crippen molar-refractivity contribution in [3.05, 3.63) is 35.5 Å². The van der Waals surface area contributed by atoms with Crippen LogP contribution in [0.15, 0.2) is 30.0 Å². The summed E-state index contributed by atoms with van der Waals surface area (Å²) in [4.78, 5) is 45.3. The van der Waals surface area contributed by atoms with E-state index in [2.05, 4.69) is 5.32 Å². The summed E-state index contributed by atoms with van der Waals surface area (Å²) >= 11 is 0. The van der Waals surface area contributed by atoms with Gasteiger partial charge in [0.25, 0.3) is 11.8 Å². The fraction of sp³-hybridized carbons (Fsp3) is 0.143. The van der Waals surface area contributed by atoms with Crippen LogP contribution in [0.4, 0.5) is 4.79 Å². The standard InChI is InChI=1S/C14H13N3O6/c15-11(18)7-23-9-3-1-8(2-4-9)5-10-13(21)17(6-12(19)20)14(22)16-10/h1-5H,6-7H2,(H2,15,18)(H,16,22)(H,19,20)/b10-5+. The number of aliphatic carboxylic acids is 1. The summed E-state index contributed by atoms with van der Waals surface area (Å²) in [5, 5.41) is 11.0. The summed E-state index contributed by atoms with van der Waals surface area (Å²) in [7, 11) is 0. The molecule has 1 heterocycles. The van der Waals surface area contributed by atoms with Gasteiger partial charge < -0.3 is 20.9 Å². The van der Waals surface area contributed by atoms with Crippen LogP contribution in [-0.4, -0.2) is 47.0 Å². The minimum absolute atomic E-state index is 0.0259. The number of benzene rings is 1. The Morgan fingerprint density at radius 2 is 1.91 bits per heavy atom. The molecule has 1 aliphatic heterocycles. The Bertz CT molecular complexity index is 695. The number of imide groups is 1. The fourth-order valence-electron chi connectivity index (χ4n) is 1.83. The highest BCUT2D eigenvalue weighted by atomic mass is 16.5. The van der Waals surface area contributed by atoms with Gasteiger partial charge >= 0.3 is 12.0 Å². The number of carbonyl (C=O) groups is 4. The van der Waals surface area contributed by atoms with Gasteiger partial charge in [-0.25, -0.2) is 9.69 Å². The molecule has 1 aliphatic rings. The van der Waals surface area contributed by atoms with Crippen molar-refractivity contribution < 1.29 is 29.0 Å². The Labute approximate surface area is 130 Å². The molecular formula is C14H13N3O6. The van der Waals surface area contributed by atoms with Crippen molar-refractivity contribution in [2.75, 3.05) is 13.2 Å². The van der Waals surface area contributed by atoms with Crippen LogP contribution in [0.3, 0.4) is 0 Å². The van der Waals surface area contributed by atoms with Crippen molar-refractivity contribution in [1.29, 1.82) is 0 Å². The number of nitrogens with zero attached hydrogens (tertiary/aromatic N) is 1. The Morgan fingerprint density at radius 3 is 2.48 bits per heavy atom. The van der Waals surface area contributed by atoms with Crippen molar-refractivity contribution in [1.82, 2.24) is 10.2 Å². The van der Waals surface area contributed by atoms with Gasteiger partial charge in [-0.15, -0.1) is 0 Å². The van der Waals surface area contributed by atoms with Gasteiger partial charge in [-0.3, -0.25) is 14.4 Å². The van der Waals surface area contributed by atoms with E-state index in [4.69, 9.17) is 15.6 Å². The third-order valence-corrected chi connectivity index (χ3v) is 2.83. The Balaban J connectivity index is 2.09. The van der Waals surface area contributed by atoms with Crippen LogP contribution in [0.25, 0.3) is 6.08 Å². The average molecular weight is 319 g/mol. The lowest BCUT2D eigenvalue weighted by Gasteiger charge is -2.07. The molecule has 0 spiro atoms. The van der Waals surface area contributed by atoms with Gasteiger partial charge in [-0.2, -0.15) is 0 Å². The monoisotopic (exact) mass is 319 g/mol. The maximum absolute atomic E-state index is 11.9. The van der Waals surface area contributed by atoms with E-state index < -0.39 is 30.4 Å². The van der Waals surface area contributed by atoms with Gasteiger partial charge in [0.15, 0.2) is 6.61 Å². The first-order valence-electron chi connectivity index (χ1n) is 6.44. The van der Waals surface area contributed by atoms with E-state index in [9.17, 15) is 19.2 Å². The molecule has 0 saturated carbocycles. The first-order chi connectivity index (χ1) is 10.9. The smallest absolute Gasteiger partial charge is 0.329 e. The van der Waals surface area contributed by atoms with Crippen molar-refractivity contribution in [3.63, 3.8) is 0 Å². The number of rotatable bonds is 6. The normalized spacial score (nSPS) is 15.7. The molecule has 0 radical (unpaired) electrons. The SMILES string of the molecule is NC(=O)COc1ccc(/C=C2/NC(=O)N(CC(=O)O)C2=O)cc1. The number of hydrogen-bond donors (Lipinski definition) is 3. The number of carboxylic acids is 1. The summed E-state index contributed by atoms with van der Waals surface area (Å²) in [6.07, 6.45) is 1.40. The van der Waals surface area contributed by atoms with Crippen molar-refractivity contribution in [2.45, 2.75) is 0 Å². The number of nitrogens with one attached hydrogen (secondary N) is 1. The molecule has 9 nitrogen and oxygen atoms in total. The minimum Gasteiger partial charge on any atom is -0.484 e. The van der Waals surface area contributed by atoms with E-state index in [1.165, 1.54) is 6.08 Å². The molecule has 1 aromatic rings. The first-order valence-corrected chi connectivity index (χ1v) is 6.44. The summed E-state index contributed by atoms with van der Waals surface area (Å²) in [5.74, 6) is -2.19. The second-order valence-electron chi connectivity index (χ2n) is 4.60. The molecule has 2 rings (SSSR count). The number of ether oxygens (including phenoxy) is 1. The molecule has 0 unspecified atom stereocenters. The summed E-state index contributed by atoms with van der Waals surface area (Å²) in [5.41, 5.74) is 5.51. The van der Waals surface area contributed by atoms with Crippen LogP contribution in [0.2, 0.25) is 0 Å². The van der Waals surface area contributed by atoms with E-state index in [-0.39, 0.29) is 12.3 Å². The lowest BCUT2D eigenvalue weighted by molar-refractivity contribution is -0.140. The van der Waals surface area contributed by atoms with Crippen molar-refractivity contribution in [3.8, 4) is 5.75 Å². The summed E-state index contributed by atoms with van der Waals surface area (Å²) < 4.78 is 5.09. The fourth-order valence-corrected chi connectivity index (χ4v) is 1.83. The summed E-state index contributed by atoms with van der Waals surface area (Å²) in [6, 6.07) is 5.53. The molecule has 4 amide bonds. The quantitative estimate of drug-likeness (QED) is 0.478. The first kappa shape index (κ1) is 16.0. The second kappa shape index (κ2) is 6.60. The van der Waals surface area contributed by atoms with Crippen LogP contribution in [0.5, 0.6) is 5.75 Å². The van der Waals surface area contributed by atoms with Gasteiger partial charge in [0, 0.05) is 0 Å². The number of nitrogens with two attached hydrogens (primary N) is 1. The van der Waals surface area contributed by atoms with Crippen LogP contribution in [-0.2, 0) is 14.4 Å². The molecule has 23 heavy (non-hydrogen) atoms. The Hall–Kier alpha value is -3.36. The van der Waals surface area contributed by atoms with Crippen molar-refractivity contribution in [2.24, 2.45) is 5.73 Å². The highest BCUT2D eigenvalue weighted by molar-refractivity contribution is 6.15. The number of carbonyl (C=O) groups excluding carboxylic acids is 3. The number of carboxylic acid groups (broad SMARTS) is 1. The predicted octanol–water partition coefficient (Wildman–Crippen LogP) is -0.472. The largest absolute Gasteiger partial charge is 0.484 e. The second-order valence-corrected chi connectivity index (χ2v) is 4.60. The molecular weight excluding hydrogens is 306 g/mol. The molecule has 0 bridgehead atoms. The third-order valence-electron chi connectivity index (χ3n) is 2.83. The third kappa shape index (κ3) is 4.06. The minimum atomic E-state index is -1.29. The topological polar surface area (TPSA) is 139 Å². The molecule has 9 heteroatoms. The molecule has 120 valence electrons. The molecule has 1 saturated heterocycles. The molecule has 0 aliphatic carbocycles. The predicted molar refractivity (Wildman–Crippen MR) is 77.0 cm³/mol. The van der Waals surface area contributed by atoms with Gasteiger partial charge in [0.2, 0.25) is 0 Å². The number of urea groups is 1. The van der Waals surface area contributed by atoms with Crippen LogP contribution >= 0.6 is 0 Å². The number of amides is 4. The zero-order chi connectivity index (χ0) is 17.0. The highest BCUT2D eigenvalue weighted by Crippen LogP contribution is 2.17. The molecule has 4 N–H and O–H groups in total. The zero-order valence-corrected chi connectivity index (χ0v) is 11.8. The van der Waals surface area contributed by atoms with Crippen LogP contribution < -0.4 is 15.8 Å². The van der Waals surface area contributed by atoms with E-state index in [0.29, 0.717) is 16.2 Å². The van der Waals surface area contributed by atoms with E-state index in [1.807, 2.05) is 0 Å². The van der Waals surface area contributed by atoms with Gasteiger partial charge in [-0.05, 0) is 23.8 Å². The van der Waals surface area contributed by atoms with E-state index in [1.54, 1.807) is 24.3 Å². The van der Waals surface area contributed by atoms with E-state index >= 15 is 0 Å². The molecule has 1 fully saturated rings. The van der Waals surface area contributed by atoms with Crippen LogP contribution in [0.1, 0.15) is 5.56 Å². The molecule has 0 aromatic heterocycles. The Kier molecular flexibility index (Phi) is 4.60. The van der Waals surface area contributed by atoms with Crippen molar-refractivity contribution >= 4 is 29.9 Å². The molecule has 0 atom stereocenters. The highest BCUT2D eigenvalue weighted by Gasteiger charge is 2.34. The summed E-state index contributed by atoms with van der Waals surface area (Å²) in [6.45, 7) is -0.957. The lowest BCUT2D eigenvalue weighted by Crippen LogP contribution is -2.35. The maximum atomic E-state index is 11.9. The van der Waals surface area contributed by atoms with Gasteiger partial charge in [0.1, 0.15) is 18.0 Å². The maximum Gasteiger partial charge on any atom is 0.329 e. The number of hydrogen-bond acceptors (Lipinski definition) is 5. The average Bonchev–Trinajstić information content (AvgIpc) is 2.74.